The number of aryl methyl sites for hydroxylation is 1. The quantitative estimate of drug-likeness (QED) is 0.402. The van der Waals surface area contributed by atoms with Gasteiger partial charge in [-0.2, -0.15) is 8.78 Å². The first-order chi connectivity index (χ1) is 17.6. The van der Waals surface area contributed by atoms with Gasteiger partial charge in [0.25, 0.3) is 5.72 Å². The number of methoxy groups -OCH3 is 1. The predicted octanol–water partition coefficient (Wildman–Crippen LogP) is 4.06. The number of hydrogen-bond donors (Lipinski definition) is 1. The average molecular weight is 522 g/mol. The smallest absolute Gasteiger partial charge is 0.416 e. The van der Waals surface area contributed by atoms with Crippen molar-refractivity contribution in [3.05, 3.63) is 82.9 Å². The minimum Gasteiger partial charge on any atom is -0.495 e. The van der Waals surface area contributed by atoms with E-state index in [9.17, 15) is 27.1 Å². The van der Waals surface area contributed by atoms with Crippen LogP contribution in [0.25, 0.3) is 11.8 Å². The van der Waals surface area contributed by atoms with Crippen LogP contribution in [-0.2, 0) is 15.3 Å². The van der Waals surface area contributed by atoms with Gasteiger partial charge in [-0.1, -0.05) is 11.2 Å². The van der Waals surface area contributed by atoms with Crippen LogP contribution in [0.1, 0.15) is 16.8 Å². The first-order valence-corrected chi connectivity index (χ1v) is 10.8. The van der Waals surface area contributed by atoms with Crippen LogP contribution in [-0.4, -0.2) is 51.8 Å². The van der Waals surface area contributed by atoms with E-state index in [4.69, 9.17) is 14.3 Å². The zero-order chi connectivity index (χ0) is 26.5. The van der Waals surface area contributed by atoms with Crippen molar-refractivity contribution in [1.29, 1.82) is 0 Å². The number of benzene rings is 2. The molecule has 3 aromatic rings. The van der Waals surface area contributed by atoms with E-state index in [2.05, 4.69) is 10.1 Å². The highest BCUT2D eigenvalue weighted by Crippen LogP contribution is 2.43. The van der Waals surface area contributed by atoms with Crippen LogP contribution in [0.15, 0.2) is 53.8 Å². The third kappa shape index (κ3) is 4.14. The number of aromatic nitrogens is 2. The van der Waals surface area contributed by atoms with Crippen molar-refractivity contribution in [3.63, 3.8) is 0 Å². The summed E-state index contributed by atoms with van der Waals surface area (Å²) in [5.74, 6) is -5.24. The Hall–Kier alpha value is -4.13. The summed E-state index contributed by atoms with van der Waals surface area (Å²) in [5, 5.41) is 13.9. The van der Waals surface area contributed by atoms with Gasteiger partial charge in [0, 0.05) is 11.8 Å². The Labute approximate surface area is 206 Å². The number of fused-ring (bicyclic) bond motifs is 1. The molecule has 13 heteroatoms. The minimum absolute atomic E-state index is 0.265. The number of nitrogens with zero attached hydrogens (tertiary/aromatic N) is 4. The molecule has 1 atom stereocenters. The van der Waals surface area contributed by atoms with Crippen molar-refractivity contribution in [1.82, 2.24) is 14.5 Å². The van der Waals surface area contributed by atoms with Crippen molar-refractivity contribution in [2.75, 3.05) is 20.3 Å². The maximum absolute atomic E-state index is 14.7. The van der Waals surface area contributed by atoms with E-state index >= 15 is 0 Å². The molecule has 1 N–H and O–H groups in total. The molecule has 37 heavy (non-hydrogen) atoms. The number of ether oxygens (including phenoxy) is 2. The normalized spacial score (nSPS) is 21.4. The highest BCUT2D eigenvalue weighted by atomic mass is 19.3. The minimum atomic E-state index is -3.81. The number of alkyl halides is 2. The van der Waals surface area contributed by atoms with Crippen LogP contribution in [0.2, 0.25) is 0 Å². The predicted molar refractivity (Wildman–Crippen MR) is 119 cm³/mol. The van der Waals surface area contributed by atoms with Crippen LogP contribution >= 0.6 is 0 Å². The summed E-state index contributed by atoms with van der Waals surface area (Å²) < 4.78 is 82.9. The van der Waals surface area contributed by atoms with Gasteiger partial charge in [-0.15, -0.1) is 0 Å². The average Bonchev–Trinajstić information content (AvgIpc) is 3.45. The highest BCUT2D eigenvalue weighted by molar-refractivity contribution is 6.01. The van der Waals surface area contributed by atoms with Gasteiger partial charge in [-0.3, -0.25) is 4.90 Å². The third-order valence-electron chi connectivity index (χ3n) is 5.94. The third-order valence-corrected chi connectivity index (χ3v) is 5.94. The Morgan fingerprint density at radius 1 is 1.16 bits per heavy atom. The SMILES string of the molecule is COc1cc(C=C2OC(F)(F)CN3C2=NO[C@]3(CO)c2cc(F)c(F)c(F)c2)ccc1-n1cnc(C)c1. The van der Waals surface area contributed by atoms with E-state index in [0.29, 0.717) is 29.1 Å². The number of oxime groups is 1. The van der Waals surface area contributed by atoms with E-state index in [0.717, 1.165) is 10.6 Å². The summed E-state index contributed by atoms with van der Waals surface area (Å²) >= 11 is 0. The molecular formula is C24H19F5N4O4. The molecule has 0 radical (unpaired) electrons. The fraction of sp³-hybridized carbons (Fsp3) is 0.250. The maximum Gasteiger partial charge on any atom is 0.416 e. The van der Waals surface area contributed by atoms with Gasteiger partial charge in [-0.25, -0.2) is 18.2 Å². The number of rotatable bonds is 5. The highest BCUT2D eigenvalue weighted by Gasteiger charge is 2.57. The van der Waals surface area contributed by atoms with E-state index in [-0.39, 0.29) is 5.84 Å². The Kier molecular flexibility index (Phi) is 5.82. The lowest BCUT2D eigenvalue weighted by atomic mass is 9.99. The van der Waals surface area contributed by atoms with E-state index in [1.807, 2.05) is 6.92 Å². The number of halogens is 5. The molecular weight excluding hydrogens is 503 g/mol. The standard InChI is InChI=1S/C24H19F5N4O4/c1-13-9-32(12-30-13)18-4-3-14(5-19(18)35-2)6-20-22-31-37-23(11-34,33(22)10-24(28,29)36-20)15-7-16(25)21(27)17(26)8-15/h3-9,12,34H,10-11H2,1-2H3/t23-/m1/s1. The van der Waals surface area contributed by atoms with Gasteiger partial charge in [0.15, 0.2) is 23.2 Å². The van der Waals surface area contributed by atoms with Crippen LogP contribution in [0.4, 0.5) is 22.0 Å². The monoisotopic (exact) mass is 522 g/mol. The largest absolute Gasteiger partial charge is 0.495 e. The van der Waals surface area contributed by atoms with Crippen molar-refractivity contribution in [2.45, 2.75) is 18.8 Å². The van der Waals surface area contributed by atoms with Crippen molar-refractivity contribution in [2.24, 2.45) is 5.16 Å². The van der Waals surface area contributed by atoms with Crippen molar-refractivity contribution >= 4 is 11.9 Å². The van der Waals surface area contributed by atoms with Crippen molar-refractivity contribution < 1.29 is 41.4 Å². The summed E-state index contributed by atoms with van der Waals surface area (Å²) in [4.78, 5) is 10.3. The van der Waals surface area contributed by atoms with Crippen LogP contribution in [0.5, 0.6) is 5.75 Å². The van der Waals surface area contributed by atoms with Gasteiger partial charge in [0.05, 0.1) is 24.8 Å². The molecule has 5 rings (SSSR count). The Morgan fingerprint density at radius 3 is 2.51 bits per heavy atom. The molecule has 8 nitrogen and oxygen atoms in total. The van der Waals surface area contributed by atoms with Gasteiger partial charge >= 0.3 is 6.11 Å². The molecule has 0 saturated carbocycles. The number of morpholine rings is 1. The zero-order valence-corrected chi connectivity index (χ0v) is 19.4. The molecule has 2 aliphatic rings. The molecule has 2 aromatic carbocycles. The lowest BCUT2D eigenvalue weighted by molar-refractivity contribution is -0.248. The van der Waals surface area contributed by atoms with Crippen LogP contribution in [0, 0.1) is 24.4 Å². The fourth-order valence-corrected chi connectivity index (χ4v) is 4.18. The van der Waals surface area contributed by atoms with E-state index in [1.54, 1.807) is 35.3 Å². The zero-order valence-electron chi connectivity index (χ0n) is 19.4. The number of amidine groups is 1. The lowest BCUT2D eigenvalue weighted by Crippen LogP contribution is -2.57. The van der Waals surface area contributed by atoms with Crippen LogP contribution < -0.4 is 4.74 Å². The van der Waals surface area contributed by atoms with Gasteiger partial charge in [0.1, 0.15) is 18.9 Å². The second-order valence-electron chi connectivity index (χ2n) is 8.39. The summed E-state index contributed by atoms with van der Waals surface area (Å²) in [5.41, 5.74) is -0.906. The van der Waals surface area contributed by atoms with Gasteiger partial charge < -0.3 is 24.0 Å². The van der Waals surface area contributed by atoms with Gasteiger partial charge in [-0.05, 0) is 42.8 Å². The van der Waals surface area contributed by atoms with Crippen LogP contribution in [0.3, 0.4) is 0 Å². The molecule has 0 amide bonds. The molecule has 3 heterocycles. The second-order valence-corrected chi connectivity index (χ2v) is 8.39. The van der Waals surface area contributed by atoms with Crippen molar-refractivity contribution in [3.8, 4) is 11.4 Å². The summed E-state index contributed by atoms with van der Waals surface area (Å²) in [7, 11) is 1.44. The van der Waals surface area contributed by atoms with E-state index in [1.165, 1.54) is 13.2 Å². The first kappa shape index (κ1) is 24.6. The number of imidazole rings is 1. The van der Waals surface area contributed by atoms with Gasteiger partial charge in [0.2, 0.25) is 5.84 Å². The molecule has 2 aliphatic heterocycles. The Bertz CT molecular complexity index is 1420. The molecule has 194 valence electrons. The van der Waals surface area contributed by atoms with E-state index < -0.39 is 53.8 Å². The molecule has 0 bridgehead atoms. The summed E-state index contributed by atoms with van der Waals surface area (Å²) in [6, 6.07) is 5.96. The Morgan fingerprint density at radius 2 is 1.89 bits per heavy atom. The number of hydrogen-bond acceptors (Lipinski definition) is 7. The lowest BCUT2D eigenvalue weighted by Gasteiger charge is -2.40. The molecule has 1 saturated heterocycles. The first-order valence-electron chi connectivity index (χ1n) is 10.8. The number of aliphatic hydroxyl groups excluding tert-OH is 1. The summed E-state index contributed by atoms with van der Waals surface area (Å²) in [6.45, 7) is -0.396. The molecule has 0 unspecified atom stereocenters. The molecule has 1 aromatic heterocycles. The Balaban J connectivity index is 1.55. The molecule has 0 aliphatic carbocycles. The fourth-order valence-electron chi connectivity index (χ4n) is 4.18. The molecule has 1 fully saturated rings. The topological polar surface area (TPSA) is 81.3 Å². The number of aliphatic hydroxyl groups is 1. The maximum atomic E-state index is 14.7. The second kappa shape index (κ2) is 8.76. The molecule has 0 spiro atoms. The summed E-state index contributed by atoms with van der Waals surface area (Å²) in [6.07, 6.45) is 0.800.